The summed E-state index contributed by atoms with van der Waals surface area (Å²) in [6, 6.07) is 14.3. The van der Waals surface area contributed by atoms with E-state index in [0.29, 0.717) is 23.6 Å². The first kappa shape index (κ1) is 35.0. The average molecular weight is 632 g/mol. The van der Waals surface area contributed by atoms with Crippen molar-refractivity contribution >= 4 is 28.9 Å². The summed E-state index contributed by atoms with van der Waals surface area (Å²) in [5.74, 6) is 0.118. The van der Waals surface area contributed by atoms with Gasteiger partial charge in [0.15, 0.2) is 0 Å². The van der Waals surface area contributed by atoms with Crippen molar-refractivity contribution in [2.45, 2.75) is 89.8 Å². The molecule has 2 fully saturated rings. The minimum Gasteiger partial charge on any atom is -0.548 e. The van der Waals surface area contributed by atoms with Crippen LogP contribution < -0.4 is 38.8 Å². The van der Waals surface area contributed by atoms with Crippen LogP contribution in [0.2, 0.25) is 0 Å². The molecule has 1 amide bonds. The number of nitrogens with one attached hydrogen (secondary N) is 1. The Hall–Kier alpha value is -3.31. The molecule has 0 radical (unpaired) electrons. The van der Waals surface area contributed by atoms with Crippen LogP contribution in [0.1, 0.15) is 77.2 Å². The number of allylic oxidation sites excluding steroid dienone is 1. The van der Waals surface area contributed by atoms with Gasteiger partial charge in [0.05, 0.1) is 42.9 Å². The second-order valence-electron chi connectivity index (χ2n) is 14.0. The van der Waals surface area contributed by atoms with E-state index < -0.39 is 24.2 Å². The van der Waals surface area contributed by atoms with Gasteiger partial charge in [-0.25, -0.2) is 4.98 Å². The van der Waals surface area contributed by atoms with Crippen molar-refractivity contribution in [2.75, 3.05) is 20.2 Å². The number of methoxy groups -OCH3 is 1. The number of aromatic nitrogens is 1. The summed E-state index contributed by atoms with van der Waals surface area (Å²) in [6.45, 7) is 5.43. The summed E-state index contributed by atoms with van der Waals surface area (Å²) in [6.07, 6.45) is 12.1. The van der Waals surface area contributed by atoms with Gasteiger partial charge in [0.2, 0.25) is 5.91 Å². The number of aliphatic carboxylic acids is 1. The number of hydrogen-bond acceptors (Lipinski definition) is 7. The second kappa shape index (κ2) is 15.3. The fraction of sp³-hybridized carbons (Fsp3) is 0.500. The molecule has 0 unspecified atom stereocenters. The zero-order valence-corrected chi connectivity index (χ0v) is 28.3. The summed E-state index contributed by atoms with van der Waals surface area (Å²) in [7, 11) is 1.66. The van der Waals surface area contributed by atoms with E-state index in [1.54, 1.807) is 7.11 Å². The molecule has 0 spiro atoms. The summed E-state index contributed by atoms with van der Waals surface area (Å²) in [4.78, 5) is 33.2. The van der Waals surface area contributed by atoms with Crippen LogP contribution in [-0.4, -0.2) is 60.1 Å². The maximum absolute atomic E-state index is 14.3. The van der Waals surface area contributed by atoms with Crippen molar-refractivity contribution < 1.29 is 43.0 Å². The SMILES string of the molecule is COc1cc2nc(-c3ccccc3)cc3c2cc1/C=C/CC(C)(C)CCCN[C@@H](C1CCCCC1)C(=O)N1C[C@@H](C[C@H]1C(=O)[O-])O3.[Li+]. The maximum Gasteiger partial charge on any atom is 1.00 e. The fourth-order valence-corrected chi connectivity index (χ4v) is 7.46. The Kier molecular flexibility index (Phi) is 11.4. The van der Waals surface area contributed by atoms with Gasteiger partial charge in [-0.05, 0) is 56.0 Å². The summed E-state index contributed by atoms with van der Waals surface area (Å²) >= 11 is 0. The number of amides is 1. The molecule has 3 heterocycles. The molecular weight excluding hydrogens is 585 g/mol. The first-order chi connectivity index (χ1) is 22.2. The Morgan fingerprint density at radius 3 is 2.57 bits per heavy atom. The Bertz CT molecular complexity index is 1590. The van der Waals surface area contributed by atoms with E-state index >= 15 is 0 Å². The van der Waals surface area contributed by atoms with Crippen LogP contribution >= 0.6 is 0 Å². The quantitative estimate of drug-likeness (QED) is 0.442. The molecule has 1 saturated carbocycles. The number of benzene rings is 2. The Labute approximate surface area is 290 Å². The number of carbonyl (C=O) groups excluding carboxylic acids is 2. The predicted molar refractivity (Wildman–Crippen MR) is 178 cm³/mol. The van der Waals surface area contributed by atoms with E-state index in [9.17, 15) is 14.7 Å². The number of fused-ring (bicyclic) bond motifs is 3. The number of pyridine rings is 1. The molecule has 3 atom stereocenters. The Morgan fingerprint density at radius 1 is 1.09 bits per heavy atom. The molecule has 3 aliphatic rings. The fourth-order valence-electron chi connectivity index (χ4n) is 7.46. The second-order valence-corrected chi connectivity index (χ2v) is 14.0. The Morgan fingerprint density at radius 2 is 1.85 bits per heavy atom. The number of hydrogen-bond donors (Lipinski definition) is 1. The van der Waals surface area contributed by atoms with Gasteiger partial charge in [0, 0.05) is 35.1 Å². The van der Waals surface area contributed by atoms with E-state index in [-0.39, 0.29) is 49.1 Å². The molecular formula is C38H46LiN3O5. The van der Waals surface area contributed by atoms with Crippen LogP contribution in [0, 0.1) is 11.3 Å². The number of carboxylic acids is 1. The molecule has 2 aromatic carbocycles. The molecule has 8 nitrogen and oxygen atoms in total. The van der Waals surface area contributed by atoms with Crippen molar-refractivity contribution in [1.82, 2.24) is 15.2 Å². The number of ether oxygens (including phenoxy) is 2. The zero-order valence-electron chi connectivity index (χ0n) is 28.3. The molecule has 4 bridgehead atoms. The molecule has 1 saturated heterocycles. The number of carbonyl (C=O) groups is 2. The van der Waals surface area contributed by atoms with E-state index in [1.807, 2.05) is 48.5 Å². The summed E-state index contributed by atoms with van der Waals surface area (Å²) in [5.41, 5.74) is 3.36. The van der Waals surface area contributed by atoms with Crippen molar-refractivity contribution in [3.8, 4) is 22.8 Å². The smallest absolute Gasteiger partial charge is 0.548 e. The minimum absolute atomic E-state index is 0. The predicted octanol–water partition coefficient (Wildman–Crippen LogP) is 2.77. The monoisotopic (exact) mass is 631 g/mol. The minimum atomic E-state index is -1.24. The molecule has 1 N–H and O–H groups in total. The molecule has 2 aliphatic heterocycles. The summed E-state index contributed by atoms with van der Waals surface area (Å²) < 4.78 is 12.5. The molecule has 3 aromatic rings. The van der Waals surface area contributed by atoms with Gasteiger partial charge in [0.25, 0.3) is 0 Å². The van der Waals surface area contributed by atoms with Gasteiger partial charge >= 0.3 is 18.9 Å². The van der Waals surface area contributed by atoms with Crippen molar-refractivity contribution in [3.63, 3.8) is 0 Å². The van der Waals surface area contributed by atoms with Gasteiger partial charge in [-0.2, -0.15) is 0 Å². The van der Waals surface area contributed by atoms with Crippen LogP contribution in [0.4, 0.5) is 0 Å². The average Bonchev–Trinajstić information content (AvgIpc) is 3.49. The van der Waals surface area contributed by atoms with E-state index in [0.717, 1.165) is 67.2 Å². The third-order valence-electron chi connectivity index (χ3n) is 10.1. The van der Waals surface area contributed by atoms with Gasteiger partial charge < -0.3 is 29.6 Å². The van der Waals surface area contributed by atoms with Gasteiger partial charge in [-0.15, -0.1) is 0 Å². The topological polar surface area (TPSA) is 104 Å². The van der Waals surface area contributed by atoms with Crippen molar-refractivity contribution in [2.24, 2.45) is 11.3 Å². The first-order valence-electron chi connectivity index (χ1n) is 16.9. The number of nitrogens with zero attached hydrogens (tertiary/aromatic N) is 2. The molecule has 47 heavy (non-hydrogen) atoms. The molecule has 1 aliphatic carbocycles. The molecule has 6 rings (SSSR count). The molecule has 244 valence electrons. The number of carboxylic acid groups (broad SMARTS) is 1. The normalized spacial score (nSPS) is 24.5. The Balaban J connectivity index is 0.00000433. The largest absolute Gasteiger partial charge is 1.00 e. The van der Waals surface area contributed by atoms with Gasteiger partial charge in [0.1, 0.15) is 17.6 Å². The van der Waals surface area contributed by atoms with Crippen LogP contribution in [0.5, 0.6) is 11.5 Å². The van der Waals surface area contributed by atoms with Crippen molar-refractivity contribution in [1.29, 1.82) is 0 Å². The van der Waals surface area contributed by atoms with E-state index in [4.69, 9.17) is 14.5 Å². The van der Waals surface area contributed by atoms with Crippen LogP contribution in [0.3, 0.4) is 0 Å². The zero-order chi connectivity index (χ0) is 32.3. The van der Waals surface area contributed by atoms with Crippen LogP contribution in [-0.2, 0) is 9.59 Å². The summed E-state index contributed by atoms with van der Waals surface area (Å²) in [5, 5.41) is 16.9. The molecule has 9 heteroatoms. The number of rotatable bonds is 4. The van der Waals surface area contributed by atoms with E-state index in [1.165, 1.54) is 11.3 Å². The molecule has 1 aromatic heterocycles. The maximum atomic E-state index is 14.3. The first-order valence-corrected chi connectivity index (χ1v) is 16.9. The van der Waals surface area contributed by atoms with Crippen molar-refractivity contribution in [3.05, 3.63) is 60.2 Å². The standard InChI is InChI=1S/C38H47N3O5.Li/c1-38(2)17-10-16-27-20-29-31(23-33(27)45-3)40-30(25-12-6-4-7-13-25)22-34(29)46-28-21-32(37(43)44)41(24-28)36(42)35(39-19-11-18-38)26-14-8-5-9-15-26;/h4,6-7,10,12-13,16,20,22-23,26,28,32,35,39H,5,8-9,11,14-15,17-19,21,24H2,1-3H3,(H,43,44);/q;+1/p-1/b16-10+;/t28-,32+,35+;/m1./s1. The van der Waals surface area contributed by atoms with Gasteiger partial charge in [-0.1, -0.05) is 75.6 Å². The third-order valence-corrected chi connectivity index (χ3v) is 10.1. The third kappa shape index (κ3) is 8.05. The van der Waals surface area contributed by atoms with Crippen LogP contribution in [0.25, 0.3) is 28.2 Å². The van der Waals surface area contributed by atoms with Crippen LogP contribution in [0.15, 0.2) is 54.6 Å². The van der Waals surface area contributed by atoms with E-state index in [2.05, 4.69) is 31.3 Å². The van der Waals surface area contributed by atoms with Gasteiger partial charge in [-0.3, -0.25) is 4.79 Å².